The number of aromatic amines is 1. The number of rotatable bonds is 19. The lowest BCUT2D eigenvalue weighted by molar-refractivity contribution is -0.142. The van der Waals surface area contributed by atoms with E-state index in [-0.39, 0.29) is 25.0 Å². The van der Waals surface area contributed by atoms with E-state index in [1.54, 1.807) is 6.20 Å². The molecular formula is C33H45N7O7S. The van der Waals surface area contributed by atoms with Gasteiger partial charge in [-0.1, -0.05) is 48.5 Å². The first-order valence-corrected chi connectivity index (χ1v) is 16.4. The highest BCUT2D eigenvalue weighted by Crippen LogP contribution is 2.19. The van der Waals surface area contributed by atoms with Crippen LogP contribution in [0.25, 0.3) is 10.9 Å². The van der Waals surface area contributed by atoms with Crippen LogP contribution in [0.2, 0.25) is 0 Å². The van der Waals surface area contributed by atoms with Crippen LogP contribution in [0.1, 0.15) is 37.3 Å². The van der Waals surface area contributed by atoms with Crippen molar-refractivity contribution in [3.8, 4) is 0 Å². The molecule has 15 heteroatoms. The zero-order chi connectivity index (χ0) is 35.2. The summed E-state index contributed by atoms with van der Waals surface area (Å²) in [6.45, 7) is 1.59. The summed E-state index contributed by atoms with van der Waals surface area (Å²) in [6, 6.07) is 10.5. The van der Waals surface area contributed by atoms with Gasteiger partial charge in [-0.2, -0.15) is 12.6 Å². The predicted molar refractivity (Wildman–Crippen MR) is 184 cm³/mol. The smallest absolute Gasteiger partial charge is 0.327 e. The highest BCUT2D eigenvalue weighted by atomic mass is 32.1. The Bertz CT molecular complexity index is 1530. The van der Waals surface area contributed by atoms with Crippen molar-refractivity contribution in [3.63, 3.8) is 0 Å². The number of aliphatic carboxylic acids is 1. The maximum Gasteiger partial charge on any atom is 0.327 e. The average molecular weight is 684 g/mol. The van der Waals surface area contributed by atoms with Gasteiger partial charge in [-0.15, -0.1) is 0 Å². The topological polar surface area (TPSA) is 242 Å². The van der Waals surface area contributed by atoms with Gasteiger partial charge in [0.15, 0.2) is 0 Å². The van der Waals surface area contributed by atoms with Crippen LogP contribution < -0.4 is 32.7 Å². The van der Waals surface area contributed by atoms with Gasteiger partial charge in [-0.3, -0.25) is 19.2 Å². The molecule has 11 N–H and O–H groups in total. The minimum absolute atomic E-state index is 0.0653. The number of fused-ring (bicyclic) bond motifs is 1. The Kier molecular flexibility index (Phi) is 14.9. The minimum Gasteiger partial charge on any atom is -0.480 e. The first kappa shape index (κ1) is 38.0. The molecule has 0 saturated carbocycles. The van der Waals surface area contributed by atoms with Crippen molar-refractivity contribution in [1.82, 2.24) is 26.3 Å². The van der Waals surface area contributed by atoms with E-state index in [0.29, 0.717) is 19.4 Å². The molecular weight excluding hydrogens is 638 g/mol. The van der Waals surface area contributed by atoms with Crippen LogP contribution in [-0.4, -0.2) is 93.4 Å². The normalized spacial score (nSPS) is 14.9. The van der Waals surface area contributed by atoms with Gasteiger partial charge < -0.3 is 47.9 Å². The highest BCUT2D eigenvalue weighted by Gasteiger charge is 2.33. The third-order valence-electron chi connectivity index (χ3n) is 7.81. The van der Waals surface area contributed by atoms with Crippen LogP contribution in [0.15, 0.2) is 60.8 Å². The summed E-state index contributed by atoms with van der Waals surface area (Å²) in [5.74, 6) is -4.54. The number of carbonyl (C=O) groups is 5. The fourth-order valence-corrected chi connectivity index (χ4v) is 5.36. The maximum atomic E-state index is 13.9. The van der Waals surface area contributed by atoms with Crippen molar-refractivity contribution >= 4 is 53.1 Å². The third-order valence-corrected chi connectivity index (χ3v) is 8.17. The number of nitrogens with one attached hydrogen (secondary N) is 5. The number of hydrogen-bond donors (Lipinski definition) is 10. The average Bonchev–Trinajstić information content (AvgIpc) is 3.47. The molecule has 3 rings (SSSR count). The molecule has 0 radical (unpaired) electrons. The van der Waals surface area contributed by atoms with Crippen molar-refractivity contribution in [3.05, 3.63) is 71.9 Å². The molecule has 0 fully saturated rings. The number of carboxylic acid groups (broad SMARTS) is 1. The van der Waals surface area contributed by atoms with Crippen molar-refractivity contribution in [2.45, 2.75) is 75.3 Å². The molecule has 0 bridgehead atoms. The van der Waals surface area contributed by atoms with Crippen LogP contribution >= 0.6 is 12.6 Å². The van der Waals surface area contributed by atoms with Crippen molar-refractivity contribution in [1.29, 1.82) is 0 Å². The Morgan fingerprint density at radius 3 is 2.08 bits per heavy atom. The van der Waals surface area contributed by atoms with Crippen LogP contribution in [0.4, 0.5) is 0 Å². The molecule has 1 heterocycles. The van der Waals surface area contributed by atoms with Crippen LogP contribution in [0.3, 0.4) is 0 Å². The number of nitrogens with two attached hydrogens (primary N) is 2. The fourth-order valence-electron chi connectivity index (χ4n) is 5.11. The lowest BCUT2D eigenvalue weighted by atomic mass is 10.0. The summed E-state index contributed by atoms with van der Waals surface area (Å²) in [7, 11) is 0. The molecule has 4 amide bonds. The van der Waals surface area contributed by atoms with E-state index in [0.717, 1.165) is 22.0 Å². The first-order chi connectivity index (χ1) is 22.9. The second-order valence-corrected chi connectivity index (χ2v) is 11.9. The largest absolute Gasteiger partial charge is 0.480 e. The summed E-state index contributed by atoms with van der Waals surface area (Å²) in [5.41, 5.74) is 14.3. The van der Waals surface area contributed by atoms with E-state index in [4.69, 9.17) is 11.5 Å². The van der Waals surface area contributed by atoms with Crippen molar-refractivity contribution in [2.75, 3.05) is 12.3 Å². The van der Waals surface area contributed by atoms with Gasteiger partial charge in [0.2, 0.25) is 23.6 Å². The zero-order valence-corrected chi connectivity index (χ0v) is 27.6. The summed E-state index contributed by atoms with van der Waals surface area (Å²) in [5, 5.41) is 30.6. The number of amides is 4. The number of H-pyrrole nitrogens is 1. The van der Waals surface area contributed by atoms with Gasteiger partial charge in [0.1, 0.15) is 24.2 Å². The second-order valence-electron chi connectivity index (χ2n) is 11.6. The van der Waals surface area contributed by atoms with Crippen molar-refractivity contribution < 1.29 is 34.2 Å². The number of aliphatic hydroxyl groups excluding tert-OH is 1. The maximum absolute atomic E-state index is 13.9. The summed E-state index contributed by atoms with van der Waals surface area (Å²) in [4.78, 5) is 68.2. The highest BCUT2D eigenvalue weighted by molar-refractivity contribution is 7.80. The van der Waals surface area contributed by atoms with Gasteiger partial charge in [-0.05, 0) is 56.3 Å². The Balaban J connectivity index is 1.84. The quantitative estimate of drug-likeness (QED) is 0.0591. The number of carboxylic acids is 1. The van der Waals surface area contributed by atoms with Crippen LogP contribution in [0, 0.1) is 0 Å². The molecule has 6 atom stereocenters. The van der Waals surface area contributed by atoms with Crippen LogP contribution in [-0.2, 0) is 36.8 Å². The van der Waals surface area contributed by atoms with Gasteiger partial charge in [0.25, 0.3) is 0 Å². The zero-order valence-electron chi connectivity index (χ0n) is 26.7. The fraction of sp³-hybridized carbons (Fsp3) is 0.424. The van der Waals surface area contributed by atoms with Gasteiger partial charge in [0.05, 0.1) is 12.1 Å². The van der Waals surface area contributed by atoms with Gasteiger partial charge >= 0.3 is 5.97 Å². The van der Waals surface area contributed by atoms with Crippen molar-refractivity contribution in [2.24, 2.45) is 11.5 Å². The molecule has 0 aliphatic heterocycles. The Hall–Kier alpha value is -4.44. The molecule has 0 aliphatic rings. The molecule has 0 unspecified atom stereocenters. The third kappa shape index (κ3) is 11.1. The Morgan fingerprint density at radius 2 is 1.44 bits per heavy atom. The second kappa shape index (κ2) is 18.8. The summed E-state index contributed by atoms with van der Waals surface area (Å²) in [6.07, 6.45) is 1.72. The number of para-hydroxylation sites is 1. The molecule has 0 saturated heterocycles. The minimum atomic E-state index is -1.54. The number of aromatic nitrogens is 1. The first-order valence-electron chi connectivity index (χ1n) is 15.7. The van der Waals surface area contributed by atoms with Gasteiger partial charge in [0, 0.05) is 29.3 Å². The van der Waals surface area contributed by atoms with E-state index >= 15 is 0 Å². The monoisotopic (exact) mass is 683 g/mol. The van der Waals surface area contributed by atoms with E-state index in [1.165, 1.54) is 6.92 Å². The number of carbonyl (C=O) groups excluding carboxylic acids is 4. The lowest BCUT2D eigenvalue weighted by Crippen LogP contribution is -2.61. The molecule has 260 valence electrons. The summed E-state index contributed by atoms with van der Waals surface area (Å²) >= 11 is 3.93. The predicted octanol–water partition coefficient (Wildman–Crippen LogP) is -0.256. The van der Waals surface area contributed by atoms with E-state index in [2.05, 4.69) is 38.9 Å². The Morgan fingerprint density at radius 1 is 0.812 bits per heavy atom. The molecule has 48 heavy (non-hydrogen) atoms. The molecule has 14 nitrogen and oxygen atoms in total. The number of hydrogen-bond acceptors (Lipinski definition) is 9. The molecule has 0 aliphatic carbocycles. The lowest BCUT2D eigenvalue weighted by Gasteiger charge is -2.27. The molecule has 0 spiro atoms. The number of aliphatic hydroxyl groups is 1. The van der Waals surface area contributed by atoms with Gasteiger partial charge in [-0.25, -0.2) is 4.79 Å². The molecule has 1 aromatic heterocycles. The molecule has 3 aromatic rings. The van der Waals surface area contributed by atoms with E-state index < -0.39 is 65.9 Å². The SMILES string of the molecule is C[C@@H](O)[C@H](NC(=O)[C@H](CCCCN)NC(=O)[C@H](Cc1c[nH]c2ccccc12)NC(=O)[C@@H](N)Cc1ccccc1)C(=O)N[C@@H](CS)C(=O)O. The van der Waals surface area contributed by atoms with E-state index in [9.17, 15) is 34.2 Å². The summed E-state index contributed by atoms with van der Waals surface area (Å²) < 4.78 is 0. The number of unbranched alkanes of at least 4 members (excludes halogenated alkanes) is 1. The van der Waals surface area contributed by atoms with Crippen LogP contribution in [0.5, 0.6) is 0 Å². The molecule has 2 aromatic carbocycles. The Labute approximate surface area is 284 Å². The number of benzene rings is 2. The standard InChI is InChI=1S/C33H45N7O7S/c1-19(41)28(32(45)39-27(18-48)33(46)47)40-30(43)25(13-7-8-14-34)37-31(44)26(16-21-17-36-24-12-6-5-11-22(21)24)38-29(42)23(35)15-20-9-3-2-4-10-20/h2-6,9-12,17,19,23,25-28,36,41,48H,7-8,13-16,18,34-35H2,1H3,(H,37,44)(H,38,42)(H,39,45)(H,40,43)(H,46,47)/t19-,23+,25+,26+,27+,28+/m1/s1. The number of thiol groups is 1. The van der Waals surface area contributed by atoms with E-state index in [1.807, 2.05) is 54.6 Å².